The Bertz CT molecular complexity index is 1180. The highest BCUT2D eigenvalue weighted by molar-refractivity contribution is 7.13. The lowest BCUT2D eigenvalue weighted by molar-refractivity contribution is -0.00171. The average Bonchev–Trinajstić information content (AvgIpc) is 3.39. The minimum absolute atomic E-state index is 0.125. The number of thiazole rings is 1. The molecule has 174 valence electrons. The summed E-state index contributed by atoms with van der Waals surface area (Å²) in [5.41, 5.74) is 2.32. The molecule has 1 unspecified atom stereocenters. The Morgan fingerprint density at radius 1 is 1.06 bits per heavy atom. The molecule has 1 saturated carbocycles. The Hall–Kier alpha value is -2.46. The summed E-state index contributed by atoms with van der Waals surface area (Å²) in [6.07, 6.45) is 3.69. The summed E-state index contributed by atoms with van der Waals surface area (Å²) in [5.74, 6) is -0.338. The fourth-order valence-corrected chi connectivity index (χ4v) is 5.77. The van der Waals surface area contributed by atoms with Crippen molar-refractivity contribution in [1.82, 2.24) is 30.6 Å². The molecular weight excluding hydrogens is 460 g/mol. The summed E-state index contributed by atoms with van der Waals surface area (Å²) >= 11 is 7.52. The SMILES string of the molecule is CN1Cc2nc(C(=O)NC3CCCC[C@@H]3NC(=O)c3cc4cc(Cl)ccc4[nH]3)sc2CN1C. The number of rotatable bonds is 4. The zero-order valence-electron chi connectivity index (χ0n) is 18.7. The van der Waals surface area contributed by atoms with Gasteiger partial charge in [-0.2, -0.15) is 0 Å². The fourth-order valence-electron chi connectivity index (χ4n) is 4.57. The van der Waals surface area contributed by atoms with Gasteiger partial charge < -0.3 is 15.6 Å². The van der Waals surface area contributed by atoms with Crippen LogP contribution in [0.3, 0.4) is 0 Å². The molecule has 5 rings (SSSR count). The van der Waals surface area contributed by atoms with Crippen LogP contribution in [0.25, 0.3) is 10.9 Å². The van der Waals surface area contributed by atoms with Gasteiger partial charge in [-0.25, -0.2) is 15.0 Å². The van der Waals surface area contributed by atoms with Gasteiger partial charge in [-0.05, 0) is 37.1 Å². The highest BCUT2D eigenvalue weighted by Crippen LogP contribution is 2.27. The first-order chi connectivity index (χ1) is 15.9. The predicted octanol–water partition coefficient (Wildman–Crippen LogP) is 3.54. The van der Waals surface area contributed by atoms with E-state index in [0.29, 0.717) is 22.3 Å². The normalized spacial score (nSPS) is 21.7. The van der Waals surface area contributed by atoms with Crippen molar-refractivity contribution in [1.29, 1.82) is 0 Å². The van der Waals surface area contributed by atoms with Gasteiger partial charge >= 0.3 is 0 Å². The molecule has 2 amide bonds. The van der Waals surface area contributed by atoms with E-state index in [-0.39, 0.29) is 23.9 Å². The number of hydrogen-bond acceptors (Lipinski definition) is 6. The second-order valence-electron chi connectivity index (χ2n) is 8.88. The van der Waals surface area contributed by atoms with Gasteiger partial charge in [0.05, 0.1) is 12.2 Å². The van der Waals surface area contributed by atoms with Crippen molar-refractivity contribution in [2.24, 2.45) is 0 Å². The van der Waals surface area contributed by atoms with Crippen LogP contribution < -0.4 is 10.6 Å². The number of hydrazine groups is 1. The van der Waals surface area contributed by atoms with Gasteiger partial charge in [0.15, 0.2) is 5.01 Å². The number of carbonyl (C=O) groups excluding carboxylic acids is 2. The van der Waals surface area contributed by atoms with E-state index in [2.05, 4.69) is 30.6 Å². The zero-order chi connectivity index (χ0) is 23.1. The van der Waals surface area contributed by atoms with E-state index in [1.54, 1.807) is 12.1 Å². The van der Waals surface area contributed by atoms with Gasteiger partial charge in [-0.1, -0.05) is 24.4 Å². The lowest BCUT2D eigenvalue weighted by atomic mass is 9.90. The molecule has 8 nitrogen and oxygen atoms in total. The number of halogens is 1. The first kappa shape index (κ1) is 22.3. The van der Waals surface area contributed by atoms with Gasteiger partial charge in [0, 0.05) is 53.5 Å². The Labute approximate surface area is 201 Å². The van der Waals surface area contributed by atoms with Crippen molar-refractivity contribution in [3.8, 4) is 0 Å². The third kappa shape index (κ3) is 4.63. The maximum Gasteiger partial charge on any atom is 0.280 e. The zero-order valence-corrected chi connectivity index (χ0v) is 20.2. The van der Waals surface area contributed by atoms with E-state index in [4.69, 9.17) is 11.6 Å². The number of aromatic amines is 1. The Kier molecular flexibility index (Phi) is 6.13. The Balaban J connectivity index is 1.27. The molecular formula is C23H27ClN6O2S. The molecule has 3 heterocycles. The molecule has 0 spiro atoms. The van der Waals surface area contributed by atoms with Gasteiger partial charge in [-0.3, -0.25) is 9.59 Å². The summed E-state index contributed by atoms with van der Waals surface area (Å²) in [7, 11) is 4.04. The van der Waals surface area contributed by atoms with E-state index in [1.807, 2.05) is 26.2 Å². The minimum Gasteiger partial charge on any atom is -0.351 e. The predicted molar refractivity (Wildman–Crippen MR) is 129 cm³/mol. The van der Waals surface area contributed by atoms with Crippen LogP contribution in [0.15, 0.2) is 24.3 Å². The number of benzene rings is 1. The van der Waals surface area contributed by atoms with Crippen molar-refractivity contribution >= 4 is 45.7 Å². The van der Waals surface area contributed by atoms with Crippen LogP contribution in [0.2, 0.25) is 5.02 Å². The molecule has 3 N–H and O–H groups in total. The first-order valence-corrected chi connectivity index (χ1v) is 12.4. The third-order valence-electron chi connectivity index (χ3n) is 6.53. The minimum atomic E-state index is -0.177. The number of nitrogens with one attached hydrogen (secondary N) is 3. The lowest BCUT2D eigenvalue weighted by Crippen LogP contribution is -2.53. The first-order valence-electron chi connectivity index (χ1n) is 11.2. The molecule has 2 aromatic heterocycles. The van der Waals surface area contributed by atoms with Crippen molar-refractivity contribution < 1.29 is 9.59 Å². The number of amides is 2. The van der Waals surface area contributed by atoms with Crippen LogP contribution in [-0.4, -0.2) is 58.0 Å². The highest BCUT2D eigenvalue weighted by atomic mass is 35.5. The second-order valence-corrected chi connectivity index (χ2v) is 10.4. The molecule has 3 aromatic rings. The molecule has 0 radical (unpaired) electrons. The van der Waals surface area contributed by atoms with Crippen LogP contribution >= 0.6 is 22.9 Å². The summed E-state index contributed by atoms with van der Waals surface area (Å²) in [4.78, 5) is 34.9. The molecule has 1 aromatic carbocycles. The fraction of sp³-hybridized carbons (Fsp3) is 0.435. The van der Waals surface area contributed by atoms with E-state index in [1.165, 1.54) is 11.3 Å². The number of hydrogen-bond donors (Lipinski definition) is 3. The molecule has 33 heavy (non-hydrogen) atoms. The molecule has 2 atom stereocenters. The maximum atomic E-state index is 13.0. The molecule has 0 saturated heterocycles. The van der Waals surface area contributed by atoms with Crippen molar-refractivity contribution in [3.63, 3.8) is 0 Å². The molecule has 1 aliphatic heterocycles. The number of carbonyl (C=O) groups is 2. The number of aromatic nitrogens is 2. The third-order valence-corrected chi connectivity index (χ3v) is 7.85. The Morgan fingerprint density at radius 3 is 2.52 bits per heavy atom. The van der Waals surface area contributed by atoms with Crippen LogP contribution in [0.5, 0.6) is 0 Å². The number of fused-ring (bicyclic) bond motifs is 2. The van der Waals surface area contributed by atoms with E-state index in [0.717, 1.165) is 53.7 Å². The summed E-state index contributed by atoms with van der Waals surface area (Å²) in [6.45, 7) is 1.46. The average molecular weight is 487 g/mol. The molecule has 1 aliphatic carbocycles. The van der Waals surface area contributed by atoms with Crippen LogP contribution in [0.1, 0.15) is 56.5 Å². The van der Waals surface area contributed by atoms with Gasteiger partial charge in [0.25, 0.3) is 11.8 Å². The van der Waals surface area contributed by atoms with Crippen molar-refractivity contribution in [2.75, 3.05) is 14.1 Å². The van der Waals surface area contributed by atoms with Gasteiger partial charge in [0.1, 0.15) is 5.69 Å². The number of H-pyrrole nitrogens is 1. The summed E-state index contributed by atoms with van der Waals surface area (Å²) in [5, 5.41) is 12.5. The second kappa shape index (κ2) is 9.06. The van der Waals surface area contributed by atoms with Crippen LogP contribution in [0, 0.1) is 0 Å². The van der Waals surface area contributed by atoms with E-state index >= 15 is 0 Å². The lowest BCUT2D eigenvalue weighted by Gasteiger charge is -2.32. The van der Waals surface area contributed by atoms with Gasteiger partial charge in [-0.15, -0.1) is 11.3 Å². The summed E-state index contributed by atoms with van der Waals surface area (Å²) in [6, 6.07) is 7.04. The largest absolute Gasteiger partial charge is 0.351 e. The maximum absolute atomic E-state index is 13.0. The van der Waals surface area contributed by atoms with Crippen LogP contribution in [-0.2, 0) is 13.1 Å². The van der Waals surface area contributed by atoms with E-state index in [9.17, 15) is 9.59 Å². The molecule has 1 fully saturated rings. The standard InChI is InChI=1S/C23H27ClN6O2S/c1-29-11-19-20(12-30(29)2)33-23(28-19)22(32)27-17-6-4-3-5-16(17)26-21(31)18-10-13-9-14(24)7-8-15(13)25-18/h7-10,16-17,25H,3-6,11-12H2,1-2H3,(H,26,31)(H,27,32)/t16-,17?/m0/s1. The van der Waals surface area contributed by atoms with Crippen molar-refractivity contribution in [2.45, 2.75) is 50.9 Å². The topological polar surface area (TPSA) is 93.4 Å². The van der Waals surface area contributed by atoms with Gasteiger partial charge in [0.2, 0.25) is 0 Å². The molecule has 0 bridgehead atoms. The Morgan fingerprint density at radius 2 is 1.76 bits per heavy atom. The van der Waals surface area contributed by atoms with Crippen molar-refractivity contribution in [3.05, 3.63) is 50.6 Å². The number of nitrogens with zero attached hydrogens (tertiary/aromatic N) is 3. The summed E-state index contributed by atoms with van der Waals surface area (Å²) < 4.78 is 0. The van der Waals surface area contributed by atoms with Crippen LogP contribution in [0.4, 0.5) is 0 Å². The van der Waals surface area contributed by atoms with E-state index < -0.39 is 0 Å². The molecule has 10 heteroatoms. The highest BCUT2D eigenvalue weighted by Gasteiger charge is 2.31. The monoisotopic (exact) mass is 486 g/mol. The smallest absolute Gasteiger partial charge is 0.280 e. The quantitative estimate of drug-likeness (QED) is 0.524. The molecule has 2 aliphatic rings.